The number of unbranched alkanes of at least 4 members (excludes halogenated alkanes) is 16. The normalized spacial score (nSPS) is 11.3. The van der Waals surface area contributed by atoms with Gasteiger partial charge in [-0.2, -0.15) is 0 Å². The third-order valence-corrected chi connectivity index (χ3v) is 6.23. The second-order valence-electron chi connectivity index (χ2n) is 8.85. The Morgan fingerprint density at radius 2 is 0.733 bits per heavy atom. The van der Waals surface area contributed by atoms with E-state index in [-0.39, 0.29) is 64.2 Å². The van der Waals surface area contributed by atoms with Crippen molar-refractivity contribution in [2.45, 2.75) is 142 Å². The van der Waals surface area contributed by atoms with Crippen LogP contribution in [0.25, 0.3) is 0 Å². The molecule has 0 saturated carbocycles. The van der Waals surface area contributed by atoms with E-state index in [1.54, 1.807) is 0 Å². The van der Waals surface area contributed by atoms with Gasteiger partial charge in [-0.05, 0) is 12.8 Å². The second kappa shape index (κ2) is 22.8. The van der Waals surface area contributed by atoms with E-state index in [4.69, 9.17) is 0 Å². The third kappa shape index (κ3) is 16.2. The van der Waals surface area contributed by atoms with Gasteiger partial charge in [0.05, 0.1) is 0 Å². The van der Waals surface area contributed by atoms with Gasteiger partial charge in [0.1, 0.15) is 0 Å². The van der Waals surface area contributed by atoms with Crippen LogP contribution in [0.2, 0.25) is 0 Å². The molecule has 0 spiro atoms. The van der Waals surface area contributed by atoms with Crippen molar-refractivity contribution in [1.29, 1.82) is 0 Å². The van der Waals surface area contributed by atoms with Crippen LogP contribution >= 0.6 is 0 Å². The Morgan fingerprint density at radius 3 is 0.967 bits per heavy atom. The zero-order chi connectivity index (χ0) is 21.8. The maximum absolute atomic E-state index is 11.8. The maximum atomic E-state index is 11.8. The number of hydrogen-bond acceptors (Lipinski definition) is 2. The summed E-state index contributed by atoms with van der Waals surface area (Å²) in [4.78, 5) is 23.6. The molecule has 0 aliphatic rings. The van der Waals surface area contributed by atoms with E-state index in [0.717, 1.165) is 25.7 Å². The van der Waals surface area contributed by atoms with E-state index >= 15 is 0 Å². The van der Waals surface area contributed by atoms with E-state index in [9.17, 15) is 19.8 Å². The molecule has 5 heteroatoms. The third-order valence-electron chi connectivity index (χ3n) is 6.23. The average Bonchev–Trinajstić information content (AvgIpc) is 2.69. The zero-order valence-electron chi connectivity index (χ0n) is 19.4. The summed E-state index contributed by atoms with van der Waals surface area (Å²) in [7, 11) is 0. The topological polar surface area (TPSA) is 74.6 Å². The SMILES string of the molecule is CCCCCCCCCCCCC(CCCCCCCCCC)(C(=O)O)C(=O)O.[KH]. The Morgan fingerprint density at radius 1 is 0.500 bits per heavy atom. The van der Waals surface area contributed by atoms with Gasteiger partial charge < -0.3 is 10.2 Å². The van der Waals surface area contributed by atoms with Crippen LogP contribution in [0.15, 0.2) is 0 Å². The molecule has 0 aliphatic carbocycles. The van der Waals surface area contributed by atoms with E-state index in [0.29, 0.717) is 12.8 Å². The first-order chi connectivity index (χ1) is 14.0. The number of hydrogen-bond donors (Lipinski definition) is 2. The summed E-state index contributed by atoms with van der Waals surface area (Å²) in [5, 5.41) is 19.3. The molecule has 0 aromatic heterocycles. The minimum absolute atomic E-state index is 0. The van der Waals surface area contributed by atoms with Crippen molar-refractivity contribution in [3.8, 4) is 0 Å². The molecule has 0 amide bonds. The van der Waals surface area contributed by atoms with E-state index < -0.39 is 17.4 Å². The summed E-state index contributed by atoms with van der Waals surface area (Å²) in [6.45, 7) is 4.43. The first-order valence-electron chi connectivity index (χ1n) is 12.5. The summed E-state index contributed by atoms with van der Waals surface area (Å²) < 4.78 is 0. The van der Waals surface area contributed by atoms with Gasteiger partial charge in [-0.25, -0.2) is 0 Å². The Kier molecular flexibility index (Phi) is 24.8. The molecule has 4 nitrogen and oxygen atoms in total. The molecule has 0 saturated heterocycles. The van der Waals surface area contributed by atoms with Gasteiger partial charge in [-0.3, -0.25) is 9.59 Å². The summed E-state index contributed by atoms with van der Waals surface area (Å²) in [5.41, 5.74) is -1.58. The molecule has 2 N–H and O–H groups in total. The molecular weight excluding hydrogens is 403 g/mol. The first-order valence-corrected chi connectivity index (χ1v) is 12.5. The standard InChI is InChI=1S/C25H48O4.K.H/c1-3-5-7-9-11-13-14-16-18-20-22-25(23(26)27,24(28)29)21-19-17-15-12-10-8-6-4-2;;/h3-22H2,1-2H3,(H,26,27)(H,28,29);;. The molecule has 0 aliphatic heterocycles. The average molecular weight is 453 g/mol. The number of carboxylic acids is 2. The van der Waals surface area contributed by atoms with Gasteiger partial charge in [0.25, 0.3) is 0 Å². The molecular formula is C25H49KO4. The van der Waals surface area contributed by atoms with Crippen LogP contribution < -0.4 is 0 Å². The Bertz CT molecular complexity index is 398. The van der Waals surface area contributed by atoms with Gasteiger partial charge in [-0.15, -0.1) is 0 Å². The number of aliphatic carboxylic acids is 2. The van der Waals surface area contributed by atoms with Crippen molar-refractivity contribution in [3.05, 3.63) is 0 Å². The van der Waals surface area contributed by atoms with Gasteiger partial charge in [0, 0.05) is 0 Å². The fourth-order valence-corrected chi connectivity index (χ4v) is 4.12. The van der Waals surface area contributed by atoms with Crippen LogP contribution in [0, 0.1) is 5.41 Å². The monoisotopic (exact) mass is 452 g/mol. The van der Waals surface area contributed by atoms with Gasteiger partial charge in [-0.1, -0.05) is 129 Å². The van der Waals surface area contributed by atoms with Crippen LogP contribution in [0.1, 0.15) is 142 Å². The molecule has 0 unspecified atom stereocenters. The number of carbonyl (C=O) groups is 2. The van der Waals surface area contributed by atoms with Crippen molar-refractivity contribution in [3.63, 3.8) is 0 Å². The van der Waals surface area contributed by atoms with Gasteiger partial charge >= 0.3 is 63.3 Å². The summed E-state index contributed by atoms with van der Waals surface area (Å²) in [5.74, 6) is -2.30. The number of rotatable bonds is 22. The number of carboxylic acid groups (broad SMARTS) is 2. The van der Waals surface area contributed by atoms with Crippen molar-refractivity contribution < 1.29 is 19.8 Å². The van der Waals surface area contributed by atoms with E-state index in [1.165, 1.54) is 77.0 Å². The predicted octanol–water partition coefficient (Wildman–Crippen LogP) is 7.34. The first kappa shape index (κ1) is 32.8. The molecule has 174 valence electrons. The fraction of sp³-hybridized carbons (Fsp3) is 0.920. The molecule has 0 aromatic carbocycles. The van der Waals surface area contributed by atoms with Crippen molar-refractivity contribution >= 4 is 63.3 Å². The zero-order valence-corrected chi connectivity index (χ0v) is 19.4. The van der Waals surface area contributed by atoms with Crippen LogP contribution in [0.4, 0.5) is 0 Å². The van der Waals surface area contributed by atoms with Crippen molar-refractivity contribution in [1.82, 2.24) is 0 Å². The molecule has 0 fully saturated rings. The molecule has 30 heavy (non-hydrogen) atoms. The molecule has 0 rings (SSSR count). The van der Waals surface area contributed by atoms with Crippen LogP contribution in [0.3, 0.4) is 0 Å². The molecule has 0 aromatic rings. The summed E-state index contributed by atoms with van der Waals surface area (Å²) in [6, 6.07) is 0. The molecule has 0 radical (unpaired) electrons. The molecule has 0 heterocycles. The Balaban J connectivity index is 0. The van der Waals surface area contributed by atoms with Crippen molar-refractivity contribution in [2.75, 3.05) is 0 Å². The summed E-state index contributed by atoms with van der Waals surface area (Å²) in [6.07, 6.45) is 21.1. The molecule has 0 bridgehead atoms. The van der Waals surface area contributed by atoms with Crippen LogP contribution in [0.5, 0.6) is 0 Å². The minimum atomic E-state index is -1.58. The van der Waals surface area contributed by atoms with Crippen LogP contribution in [-0.2, 0) is 9.59 Å². The quantitative estimate of drug-likeness (QED) is 0.102. The second-order valence-corrected chi connectivity index (χ2v) is 8.85. The molecule has 0 atom stereocenters. The van der Waals surface area contributed by atoms with Crippen LogP contribution in [-0.4, -0.2) is 73.5 Å². The summed E-state index contributed by atoms with van der Waals surface area (Å²) >= 11 is 0. The van der Waals surface area contributed by atoms with E-state index in [2.05, 4.69) is 13.8 Å². The fourth-order valence-electron chi connectivity index (χ4n) is 4.12. The van der Waals surface area contributed by atoms with E-state index in [1.807, 2.05) is 0 Å². The Labute approximate surface area is 228 Å². The Hall–Kier alpha value is 0.576. The predicted molar refractivity (Wildman–Crippen MR) is 129 cm³/mol. The van der Waals surface area contributed by atoms with Gasteiger partial charge in [0.15, 0.2) is 5.41 Å². The van der Waals surface area contributed by atoms with Crippen molar-refractivity contribution in [2.24, 2.45) is 5.41 Å². The van der Waals surface area contributed by atoms with Gasteiger partial charge in [0.2, 0.25) is 0 Å².